The molecule has 168 valence electrons. The Balaban J connectivity index is 1.79. The van der Waals surface area contributed by atoms with Crippen LogP contribution in [0.2, 0.25) is 10.0 Å². The minimum Gasteiger partial charge on any atom is -0.381 e. The summed E-state index contributed by atoms with van der Waals surface area (Å²) in [5, 5.41) is 15.9. The molecule has 3 rings (SSSR count). The minimum absolute atomic E-state index is 0.0702. The first-order chi connectivity index (χ1) is 14.6. The molecule has 0 spiro atoms. The zero-order valence-corrected chi connectivity index (χ0v) is 19.9. The summed E-state index contributed by atoms with van der Waals surface area (Å²) in [4.78, 5) is 19.3. The van der Waals surface area contributed by atoms with Crippen molar-refractivity contribution >= 4 is 29.1 Å². The maximum Gasteiger partial charge on any atom is 0.225 e. The van der Waals surface area contributed by atoms with Gasteiger partial charge in [0.2, 0.25) is 5.91 Å². The third-order valence-electron chi connectivity index (χ3n) is 5.88. The normalized spacial score (nSPS) is 19.6. The van der Waals surface area contributed by atoms with E-state index in [0.717, 1.165) is 31.5 Å². The number of carbonyl (C=O) groups is 1. The van der Waals surface area contributed by atoms with Crippen LogP contribution in [0, 0.1) is 11.3 Å². The van der Waals surface area contributed by atoms with Gasteiger partial charge in [0.1, 0.15) is 5.60 Å². The van der Waals surface area contributed by atoms with Crippen molar-refractivity contribution in [3.8, 4) is 0 Å². The average molecular weight is 464 g/mol. The molecule has 1 amide bonds. The van der Waals surface area contributed by atoms with Crippen LogP contribution in [-0.2, 0) is 16.9 Å². The molecule has 1 saturated heterocycles. The summed E-state index contributed by atoms with van der Waals surface area (Å²) in [6, 6.07) is 11.2. The lowest BCUT2D eigenvalue weighted by molar-refractivity contribution is -0.131. The molecule has 31 heavy (non-hydrogen) atoms. The van der Waals surface area contributed by atoms with Gasteiger partial charge in [-0.25, -0.2) is 0 Å². The molecule has 1 fully saturated rings. The molecule has 2 atom stereocenters. The Morgan fingerprint density at radius 1 is 1.23 bits per heavy atom. The summed E-state index contributed by atoms with van der Waals surface area (Å²) in [5.74, 6) is -0.162. The van der Waals surface area contributed by atoms with E-state index in [2.05, 4.69) is 15.2 Å². The van der Waals surface area contributed by atoms with Crippen LogP contribution in [0.3, 0.4) is 0 Å². The number of nitrogens with one attached hydrogen (secondary N) is 1. The fourth-order valence-electron chi connectivity index (χ4n) is 4.03. The highest BCUT2D eigenvalue weighted by Crippen LogP contribution is 2.35. The maximum absolute atomic E-state index is 12.5. The molecule has 0 bridgehead atoms. The number of amides is 1. The van der Waals surface area contributed by atoms with Crippen LogP contribution < -0.4 is 5.32 Å². The molecule has 0 saturated carbocycles. The van der Waals surface area contributed by atoms with Gasteiger partial charge in [0.25, 0.3) is 0 Å². The van der Waals surface area contributed by atoms with E-state index in [4.69, 9.17) is 23.2 Å². The van der Waals surface area contributed by atoms with E-state index in [1.54, 1.807) is 6.20 Å². The van der Waals surface area contributed by atoms with Crippen molar-refractivity contribution in [2.45, 2.75) is 45.8 Å². The van der Waals surface area contributed by atoms with Crippen LogP contribution in [0.1, 0.15) is 44.9 Å². The molecule has 1 aliphatic heterocycles. The Kier molecular flexibility index (Phi) is 7.63. The highest BCUT2D eigenvalue weighted by atomic mass is 35.5. The van der Waals surface area contributed by atoms with Crippen molar-refractivity contribution < 1.29 is 9.90 Å². The molecule has 1 aliphatic rings. The zero-order valence-electron chi connectivity index (χ0n) is 18.4. The third-order valence-corrected chi connectivity index (χ3v) is 6.62. The van der Waals surface area contributed by atoms with Crippen LogP contribution in [0.4, 0.5) is 0 Å². The summed E-state index contributed by atoms with van der Waals surface area (Å²) < 4.78 is 0. The van der Waals surface area contributed by atoms with Gasteiger partial charge in [-0.2, -0.15) is 0 Å². The minimum atomic E-state index is -1.25. The van der Waals surface area contributed by atoms with E-state index in [1.807, 2.05) is 57.2 Å². The molecule has 0 radical (unpaired) electrons. The van der Waals surface area contributed by atoms with Gasteiger partial charge in [-0.05, 0) is 49.2 Å². The van der Waals surface area contributed by atoms with Crippen molar-refractivity contribution in [3.63, 3.8) is 0 Å². The second kappa shape index (κ2) is 9.86. The van der Waals surface area contributed by atoms with E-state index >= 15 is 0 Å². The van der Waals surface area contributed by atoms with E-state index in [-0.39, 0.29) is 18.4 Å². The molecular formula is C24H31Cl2N3O2. The smallest absolute Gasteiger partial charge is 0.225 e. The summed E-state index contributed by atoms with van der Waals surface area (Å²) >= 11 is 12.2. The second-order valence-corrected chi connectivity index (χ2v) is 10.2. The average Bonchev–Trinajstić information content (AvgIpc) is 2.74. The maximum atomic E-state index is 12.5. The molecule has 2 heterocycles. The Hall–Kier alpha value is -1.66. The molecular weight excluding hydrogens is 433 g/mol. The highest BCUT2D eigenvalue weighted by Gasteiger charge is 2.42. The number of aliphatic hydroxyl groups is 1. The number of hydrogen-bond donors (Lipinski definition) is 2. The number of piperidine rings is 1. The topological polar surface area (TPSA) is 65.5 Å². The van der Waals surface area contributed by atoms with Crippen LogP contribution in [-0.4, -0.2) is 40.5 Å². The molecule has 2 aromatic rings. The monoisotopic (exact) mass is 463 g/mol. The summed E-state index contributed by atoms with van der Waals surface area (Å²) in [6.45, 7) is 8.07. The number of halogens is 2. The SMILES string of the molecule is CC(C)(C)C(=O)NC[C@](O)(c1ccccn1)[C@@H]1CCCN(Cc2ccc(Cl)c(Cl)c2)C1. The number of carbonyl (C=O) groups excluding carboxylic acids is 1. The number of nitrogens with zero attached hydrogens (tertiary/aromatic N) is 2. The van der Waals surface area contributed by atoms with Gasteiger partial charge in [0.15, 0.2) is 0 Å². The van der Waals surface area contributed by atoms with Gasteiger partial charge in [0.05, 0.1) is 22.3 Å². The van der Waals surface area contributed by atoms with Crippen molar-refractivity contribution in [2.75, 3.05) is 19.6 Å². The highest BCUT2D eigenvalue weighted by molar-refractivity contribution is 6.42. The lowest BCUT2D eigenvalue weighted by Gasteiger charge is -2.42. The van der Waals surface area contributed by atoms with E-state index in [9.17, 15) is 9.90 Å². The van der Waals surface area contributed by atoms with Crippen LogP contribution in [0.25, 0.3) is 0 Å². The van der Waals surface area contributed by atoms with Gasteiger partial charge in [-0.3, -0.25) is 14.7 Å². The largest absolute Gasteiger partial charge is 0.381 e. The van der Waals surface area contributed by atoms with Gasteiger partial charge in [0, 0.05) is 30.6 Å². The fraction of sp³-hybridized carbons (Fsp3) is 0.500. The van der Waals surface area contributed by atoms with Crippen molar-refractivity contribution in [1.29, 1.82) is 0 Å². The van der Waals surface area contributed by atoms with Crippen molar-refractivity contribution in [2.24, 2.45) is 11.3 Å². The molecule has 1 aromatic carbocycles. The Labute approximate surface area is 194 Å². The van der Waals surface area contributed by atoms with Crippen LogP contribution in [0.5, 0.6) is 0 Å². The quantitative estimate of drug-likeness (QED) is 0.653. The van der Waals surface area contributed by atoms with E-state index < -0.39 is 11.0 Å². The molecule has 0 unspecified atom stereocenters. The van der Waals surface area contributed by atoms with E-state index in [0.29, 0.717) is 22.3 Å². The first-order valence-electron chi connectivity index (χ1n) is 10.7. The van der Waals surface area contributed by atoms with Gasteiger partial charge in [-0.1, -0.05) is 56.1 Å². The first kappa shape index (κ1) is 24.0. The Morgan fingerprint density at radius 3 is 2.65 bits per heavy atom. The van der Waals surface area contributed by atoms with Crippen LogP contribution in [0.15, 0.2) is 42.6 Å². The second-order valence-electron chi connectivity index (χ2n) is 9.39. The predicted molar refractivity (Wildman–Crippen MR) is 125 cm³/mol. The van der Waals surface area contributed by atoms with Gasteiger partial charge in [-0.15, -0.1) is 0 Å². The number of aromatic nitrogens is 1. The van der Waals surface area contributed by atoms with Gasteiger partial charge < -0.3 is 10.4 Å². The lowest BCUT2D eigenvalue weighted by atomic mass is 9.78. The van der Waals surface area contributed by atoms with Crippen molar-refractivity contribution in [3.05, 3.63) is 63.9 Å². The predicted octanol–water partition coefficient (Wildman–Crippen LogP) is 4.65. The zero-order chi connectivity index (χ0) is 22.6. The fourth-order valence-corrected chi connectivity index (χ4v) is 4.35. The number of hydrogen-bond acceptors (Lipinski definition) is 4. The Morgan fingerprint density at radius 2 is 2.00 bits per heavy atom. The first-order valence-corrected chi connectivity index (χ1v) is 11.4. The molecule has 0 aliphatic carbocycles. The van der Waals surface area contributed by atoms with Crippen LogP contribution >= 0.6 is 23.2 Å². The van der Waals surface area contributed by atoms with Crippen molar-refractivity contribution in [1.82, 2.24) is 15.2 Å². The lowest BCUT2D eigenvalue weighted by Crippen LogP contribution is -2.53. The summed E-state index contributed by atoms with van der Waals surface area (Å²) in [5.41, 5.74) is -0.112. The molecule has 2 N–H and O–H groups in total. The number of benzene rings is 1. The molecule has 1 aromatic heterocycles. The third kappa shape index (κ3) is 5.98. The molecule has 7 heteroatoms. The van der Waals surface area contributed by atoms with E-state index in [1.165, 1.54) is 0 Å². The van der Waals surface area contributed by atoms with Gasteiger partial charge >= 0.3 is 0 Å². The number of rotatable bonds is 6. The standard InChI is InChI=1S/C24H31Cl2N3O2/c1-23(2,3)22(30)28-16-24(31,21-8-4-5-11-27-21)18-7-6-12-29(15-18)14-17-9-10-19(25)20(26)13-17/h4-5,8-11,13,18,31H,6-7,12,14-16H2,1-3H3,(H,28,30)/t18-,24-/m1/s1. The summed E-state index contributed by atoms with van der Waals surface area (Å²) in [6.07, 6.45) is 3.49. The summed E-state index contributed by atoms with van der Waals surface area (Å²) in [7, 11) is 0. The Bertz CT molecular complexity index is 901. The number of pyridine rings is 1. The molecule has 5 nitrogen and oxygen atoms in total. The number of likely N-dealkylation sites (tertiary alicyclic amines) is 1.